The van der Waals surface area contributed by atoms with Gasteiger partial charge in [-0.05, 0) is 6.07 Å². The fourth-order valence-electron chi connectivity index (χ4n) is 1.68. The molecule has 18 heavy (non-hydrogen) atoms. The molecule has 1 aromatic carbocycles. The molecule has 7 heteroatoms. The fraction of sp³-hybridized carbons (Fsp3) is 0. The van der Waals surface area contributed by atoms with Crippen LogP contribution in [-0.2, 0) is 0 Å². The molecule has 0 aliphatic carbocycles. The first kappa shape index (κ1) is 10.3. The minimum Gasteiger partial charge on any atom is -0.361 e. The highest BCUT2D eigenvalue weighted by Crippen LogP contribution is 2.15. The van der Waals surface area contributed by atoms with Gasteiger partial charge in [0.25, 0.3) is 5.95 Å². The number of H-pyrrole nitrogens is 1. The first-order chi connectivity index (χ1) is 8.84. The highest BCUT2D eigenvalue weighted by Gasteiger charge is 2.00. The smallest absolute Gasteiger partial charge is 0.263 e. The number of hydrazone groups is 1. The van der Waals surface area contributed by atoms with E-state index in [1.165, 1.54) is 11.0 Å². The Balaban J connectivity index is 1.82. The van der Waals surface area contributed by atoms with E-state index in [0.29, 0.717) is 5.95 Å². The number of aromatic nitrogens is 4. The van der Waals surface area contributed by atoms with Gasteiger partial charge in [-0.25, -0.2) is 10.1 Å². The van der Waals surface area contributed by atoms with Gasteiger partial charge in [-0.15, -0.1) is 10.2 Å². The van der Waals surface area contributed by atoms with Gasteiger partial charge in [0.2, 0.25) is 0 Å². The molecule has 7 nitrogen and oxygen atoms in total. The van der Waals surface area contributed by atoms with Crippen molar-refractivity contribution in [2.45, 2.75) is 0 Å². The predicted octanol–water partition coefficient (Wildman–Crippen LogP) is 0.919. The number of benzene rings is 1. The lowest BCUT2D eigenvalue weighted by Crippen LogP contribution is -2.10. The minimum absolute atomic E-state index is 0.381. The first-order valence-electron chi connectivity index (χ1n) is 5.35. The molecule has 3 aromatic rings. The number of fused-ring (bicyclic) bond motifs is 1. The zero-order chi connectivity index (χ0) is 12.4. The van der Waals surface area contributed by atoms with Gasteiger partial charge in [-0.3, -0.25) is 0 Å². The van der Waals surface area contributed by atoms with E-state index < -0.39 is 0 Å². The summed E-state index contributed by atoms with van der Waals surface area (Å²) >= 11 is 0. The molecule has 0 amide bonds. The van der Waals surface area contributed by atoms with E-state index >= 15 is 0 Å². The molecule has 0 saturated carbocycles. The third-order valence-electron chi connectivity index (χ3n) is 2.56. The Morgan fingerprint density at radius 3 is 3.11 bits per heavy atom. The molecule has 0 atom stereocenters. The number of nitrogens with two attached hydrogens (primary N) is 1. The van der Waals surface area contributed by atoms with Crippen LogP contribution in [0.3, 0.4) is 0 Å². The summed E-state index contributed by atoms with van der Waals surface area (Å²) in [7, 11) is 0. The molecule has 4 N–H and O–H groups in total. The minimum atomic E-state index is 0.381. The van der Waals surface area contributed by atoms with Gasteiger partial charge in [0.05, 0.1) is 6.21 Å². The van der Waals surface area contributed by atoms with Crippen molar-refractivity contribution in [2.24, 2.45) is 5.10 Å². The Morgan fingerprint density at radius 1 is 1.39 bits per heavy atom. The predicted molar refractivity (Wildman–Crippen MR) is 69.7 cm³/mol. The third kappa shape index (κ3) is 1.77. The van der Waals surface area contributed by atoms with Crippen molar-refractivity contribution in [3.63, 3.8) is 0 Å². The van der Waals surface area contributed by atoms with E-state index in [2.05, 4.69) is 25.7 Å². The van der Waals surface area contributed by atoms with Crippen LogP contribution < -0.4 is 11.3 Å². The first-order valence-corrected chi connectivity index (χ1v) is 5.35. The molecule has 0 aliphatic heterocycles. The zero-order valence-electron chi connectivity index (χ0n) is 9.41. The Morgan fingerprint density at radius 2 is 2.28 bits per heavy atom. The maximum absolute atomic E-state index is 5.54. The lowest BCUT2D eigenvalue weighted by atomic mass is 10.2. The number of nitrogens with one attached hydrogen (secondary N) is 2. The van der Waals surface area contributed by atoms with Crippen LogP contribution in [0.2, 0.25) is 0 Å². The second kappa shape index (κ2) is 4.21. The summed E-state index contributed by atoms with van der Waals surface area (Å²) in [6.45, 7) is 0. The molecular weight excluding hydrogens is 230 g/mol. The Hall–Kier alpha value is -2.83. The molecule has 0 bridgehead atoms. The van der Waals surface area contributed by atoms with E-state index in [1.54, 1.807) is 6.21 Å². The molecule has 2 aromatic heterocycles. The summed E-state index contributed by atoms with van der Waals surface area (Å²) in [5, 5.41) is 12.6. The van der Waals surface area contributed by atoms with Crippen molar-refractivity contribution in [3.8, 4) is 0 Å². The Bertz CT molecular complexity index is 694. The monoisotopic (exact) mass is 241 g/mol. The number of aromatic amines is 1. The van der Waals surface area contributed by atoms with E-state index in [9.17, 15) is 0 Å². The van der Waals surface area contributed by atoms with Crippen LogP contribution in [0.25, 0.3) is 10.9 Å². The summed E-state index contributed by atoms with van der Waals surface area (Å²) < 4.78 is 1.26. The van der Waals surface area contributed by atoms with Crippen LogP contribution in [-0.4, -0.2) is 26.1 Å². The van der Waals surface area contributed by atoms with Crippen molar-refractivity contribution in [1.29, 1.82) is 0 Å². The number of nitrogens with zero attached hydrogens (tertiary/aromatic N) is 4. The molecule has 0 saturated heterocycles. The number of nitrogen functional groups attached to an aromatic ring is 1. The van der Waals surface area contributed by atoms with E-state index in [4.69, 9.17) is 5.84 Å². The van der Waals surface area contributed by atoms with Crippen LogP contribution >= 0.6 is 0 Å². The summed E-state index contributed by atoms with van der Waals surface area (Å²) in [4.78, 5) is 3.17. The topological polar surface area (TPSA) is 96.9 Å². The Labute approximate surface area is 102 Å². The van der Waals surface area contributed by atoms with Gasteiger partial charge in [0, 0.05) is 22.7 Å². The molecule has 0 aliphatic rings. The van der Waals surface area contributed by atoms with Crippen molar-refractivity contribution in [3.05, 3.63) is 42.4 Å². The molecular formula is C11H11N7. The lowest BCUT2D eigenvalue weighted by Gasteiger charge is -1.96. The average molecular weight is 241 g/mol. The van der Waals surface area contributed by atoms with Crippen LogP contribution in [0.5, 0.6) is 0 Å². The fourth-order valence-corrected chi connectivity index (χ4v) is 1.68. The molecule has 2 heterocycles. The van der Waals surface area contributed by atoms with Gasteiger partial charge in [-0.1, -0.05) is 18.2 Å². The van der Waals surface area contributed by atoms with E-state index in [0.717, 1.165) is 16.5 Å². The number of rotatable bonds is 3. The quantitative estimate of drug-likeness (QED) is 0.361. The highest BCUT2D eigenvalue weighted by molar-refractivity contribution is 5.99. The maximum Gasteiger partial charge on any atom is 0.263 e. The van der Waals surface area contributed by atoms with Crippen molar-refractivity contribution in [2.75, 3.05) is 11.3 Å². The van der Waals surface area contributed by atoms with E-state index in [-0.39, 0.29) is 0 Å². The van der Waals surface area contributed by atoms with Gasteiger partial charge in [0.15, 0.2) is 0 Å². The Kier molecular flexibility index (Phi) is 2.41. The molecule has 90 valence electrons. The van der Waals surface area contributed by atoms with Crippen LogP contribution in [0, 0.1) is 0 Å². The third-order valence-corrected chi connectivity index (χ3v) is 2.56. The summed E-state index contributed by atoms with van der Waals surface area (Å²) in [5.74, 6) is 5.92. The standard InChI is InChI=1S/C11H11N7/c12-18-7-15-17-11(18)16-14-6-8-5-13-10-4-2-1-3-9(8)10/h1-7,13H,12H2,(H,16,17)/b14-6+. The van der Waals surface area contributed by atoms with Crippen LogP contribution in [0.4, 0.5) is 5.95 Å². The molecule has 0 radical (unpaired) electrons. The van der Waals surface area contributed by atoms with Gasteiger partial charge < -0.3 is 10.8 Å². The maximum atomic E-state index is 5.54. The largest absolute Gasteiger partial charge is 0.361 e. The van der Waals surface area contributed by atoms with Crippen molar-refractivity contribution >= 4 is 23.1 Å². The van der Waals surface area contributed by atoms with Gasteiger partial charge >= 0.3 is 0 Å². The average Bonchev–Trinajstić information content (AvgIpc) is 2.97. The number of hydrogen-bond donors (Lipinski definition) is 3. The lowest BCUT2D eigenvalue weighted by molar-refractivity contribution is 0.988. The number of hydrogen-bond acceptors (Lipinski definition) is 5. The molecule has 0 unspecified atom stereocenters. The van der Waals surface area contributed by atoms with E-state index in [1.807, 2.05) is 30.5 Å². The second-order valence-electron chi connectivity index (χ2n) is 3.72. The molecule has 0 fully saturated rings. The SMILES string of the molecule is Nn1cnnc1N/N=C/c1c[nH]c2ccccc12. The van der Waals surface area contributed by atoms with Gasteiger partial charge in [-0.2, -0.15) is 5.10 Å². The van der Waals surface area contributed by atoms with Crippen molar-refractivity contribution in [1.82, 2.24) is 19.9 Å². The number of para-hydroxylation sites is 1. The van der Waals surface area contributed by atoms with Crippen LogP contribution in [0.15, 0.2) is 41.9 Å². The van der Waals surface area contributed by atoms with Gasteiger partial charge in [0.1, 0.15) is 6.33 Å². The molecule has 0 spiro atoms. The zero-order valence-corrected chi connectivity index (χ0v) is 9.41. The van der Waals surface area contributed by atoms with Crippen LogP contribution in [0.1, 0.15) is 5.56 Å². The summed E-state index contributed by atoms with van der Waals surface area (Å²) in [6.07, 6.45) is 4.99. The summed E-state index contributed by atoms with van der Waals surface area (Å²) in [5.41, 5.74) is 4.77. The molecule has 3 rings (SSSR count). The van der Waals surface area contributed by atoms with Crippen molar-refractivity contribution < 1.29 is 0 Å². The summed E-state index contributed by atoms with van der Waals surface area (Å²) in [6, 6.07) is 8.00. The number of anilines is 1. The highest BCUT2D eigenvalue weighted by atomic mass is 15.5. The normalized spacial score (nSPS) is 11.3. The second-order valence-corrected chi connectivity index (χ2v) is 3.72.